The van der Waals surface area contributed by atoms with Gasteiger partial charge in [0.15, 0.2) is 11.5 Å². The topological polar surface area (TPSA) is 85.5 Å². The summed E-state index contributed by atoms with van der Waals surface area (Å²) in [5, 5.41) is 4.36. The van der Waals surface area contributed by atoms with Crippen molar-refractivity contribution < 1.29 is 8.81 Å². The summed E-state index contributed by atoms with van der Waals surface area (Å²) in [4.78, 5) is 11.5. The number of benzene rings is 1. The van der Waals surface area contributed by atoms with Crippen molar-refractivity contribution in [1.29, 1.82) is 0 Å². The minimum absolute atomic E-state index is 0.0832. The van der Waals surface area contributed by atoms with Crippen molar-refractivity contribution in [2.75, 3.05) is 17.2 Å². The largest absolute Gasteiger partial charge is 0.444 e. The Morgan fingerprint density at radius 3 is 2.90 bits per heavy atom. The second-order valence-corrected chi connectivity index (χ2v) is 8.05. The summed E-state index contributed by atoms with van der Waals surface area (Å²) in [5.41, 5.74) is 10.4. The molecule has 0 saturated carbocycles. The van der Waals surface area contributed by atoms with E-state index < -0.39 is 0 Å². The SMILES string of the molecule is CCCc1ccc(F)cc1C1CCCN1c1ccn2nc(N)c(-c3nc(C)co3)c2n1. The molecule has 0 spiro atoms. The predicted molar refractivity (Wildman–Crippen MR) is 117 cm³/mol. The zero-order valence-corrected chi connectivity index (χ0v) is 17.7. The quantitative estimate of drug-likeness (QED) is 0.503. The van der Waals surface area contributed by atoms with Gasteiger partial charge in [0.2, 0.25) is 5.89 Å². The average Bonchev–Trinajstić information content (AvgIpc) is 3.46. The van der Waals surface area contributed by atoms with E-state index in [-0.39, 0.29) is 11.9 Å². The van der Waals surface area contributed by atoms with Crippen LogP contribution in [0.4, 0.5) is 16.0 Å². The number of nitrogens with two attached hydrogens (primary N) is 1. The van der Waals surface area contributed by atoms with E-state index in [4.69, 9.17) is 15.1 Å². The Kier molecular flexibility index (Phi) is 4.84. The summed E-state index contributed by atoms with van der Waals surface area (Å²) in [6.45, 7) is 4.85. The molecular weight excluding hydrogens is 395 g/mol. The summed E-state index contributed by atoms with van der Waals surface area (Å²) in [7, 11) is 0. The van der Waals surface area contributed by atoms with Crippen molar-refractivity contribution in [3.8, 4) is 11.5 Å². The first-order valence-corrected chi connectivity index (χ1v) is 10.7. The Morgan fingerprint density at radius 2 is 2.13 bits per heavy atom. The third-order valence-electron chi connectivity index (χ3n) is 5.86. The van der Waals surface area contributed by atoms with E-state index in [1.807, 2.05) is 25.3 Å². The number of nitrogen functional groups attached to an aromatic ring is 1. The maximum Gasteiger partial charge on any atom is 0.233 e. The molecule has 1 aliphatic rings. The fraction of sp³-hybridized carbons (Fsp3) is 0.348. The van der Waals surface area contributed by atoms with Gasteiger partial charge in [-0.15, -0.1) is 5.10 Å². The maximum atomic E-state index is 14.1. The molecule has 0 bridgehead atoms. The Morgan fingerprint density at radius 1 is 1.26 bits per heavy atom. The van der Waals surface area contributed by atoms with Crippen LogP contribution in [0, 0.1) is 12.7 Å². The number of hydrogen-bond acceptors (Lipinski definition) is 6. The van der Waals surface area contributed by atoms with Crippen LogP contribution in [0.5, 0.6) is 0 Å². The Balaban J connectivity index is 1.58. The maximum absolute atomic E-state index is 14.1. The molecule has 0 aliphatic carbocycles. The van der Waals surface area contributed by atoms with Crippen LogP contribution < -0.4 is 10.6 Å². The molecule has 0 radical (unpaired) electrons. The lowest BCUT2D eigenvalue weighted by atomic mass is 9.95. The molecule has 0 amide bonds. The number of hydrogen-bond donors (Lipinski definition) is 1. The third kappa shape index (κ3) is 3.41. The second-order valence-electron chi connectivity index (χ2n) is 8.05. The van der Waals surface area contributed by atoms with E-state index >= 15 is 0 Å². The number of nitrogens with zero attached hydrogens (tertiary/aromatic N) is 5. The highest BCUT2D eigenvalue weighted by atomic mass is 19.1. The molecule has 1 aromatic carbocycles. The zero-order valence-electron chi connectivity index (χ0n) is 17.7. The highest BCUT2D eigenvalue weighted by Crippen LogP contribution is 2.38. The van der Waals surface area contributed by atoms with Crippen molar-refractivity contribution in [1.82, 2.24) is 19.6 Å². The summed E-state index contributed by atoms with van der Waals surface area (Å²) >= 11 is 0. The van der Waals surface area contributed by atoms with Crippen molar-refractivity contribution >= 4 is 17.3 Å². The molecule has 1 aliphatic heterocycles. The van der Waals surface area contributed by atoms with Gasteiger partial charge in [-0.1, -0.05) is 19.4 Å². The van der Waals surface area contributed by atoms with Crippen LogP contribution >= 0.6 is 0 Å². The van der Waals surface area contributed by atoms with Crippen LogP contribution in [0.1, 0.15) is 49.0 Å². The predicted octanol–water partition coefficient (Wildman–Crippen LogP) is 4.71. The van der Waals surface area contributed by atoms with E-state index in [0.29, 0.717) is 22.9 Å². The number of fused-ring (bicyclic) bond motifs is 1. The number of rotatable bonds is 5. The van der Waals surface area contributed by atoms with Crippen LogP contribution in [-0.4, -0.2) is 26.1 Å². The lowest BCUT2D eigenvalue weighted by molar-refractivity contribution is 0.574. The van der Waals surface area contributed by atoms with Crippen molar-refractivity contribution in [2.24, 2.45) is 0 Å². The van der Waals surface area contributed by atoms with Gasteiger partial charge in [0.05, 0.1) is 11.7 Å². The van der Waals surface area contributed by atoms with Crippen LogP contribution in [0.3, 0.4) is 0 Å². The molecule has 1 fully saturated rings. The van der Waals surface area contributed by atoms with E-state index in [9.17, 15) is 4.39 Å². The fourth-order valence-electron chi connectivity index (χ4n) is 4.51. The van der Waals surface area contributed by atoms with Gasteiger partial charge in [0, 0.05) is 12.7 Å². The molecule has 4 heterocycles. The highest BCUT2D eigenvalue weighted by Gasteiger charge is 2.30. The van der Waals surface area contributed by atoms with Crippen molar-refractivity contribution in [3.63, 3.8) is 0 Å². The molecule has 8 heteroatoms. The number of oxazole rings is 1. The number of aromatic nitrogens is 4. The van der Waals surface area contributed by atoms with Gasteiger partial charge in [-0.05, 0) is 55.5 Å². The number of aryl methyl sites for hydroxylation is 2. The van der Waals surface area contributed by atoms with Crippen molar-refractivity contribution in [2.45, 2.75) is 45.6 Å². The lowest BCUT2D eigenvalue weighted by Crippen LogP contribution is -2.24. The molecule has 1 saturated heterocycles. The first kappa shape index (κ1) is 19.5. The standard InChI is InChI=1S/C23H25FN6O/c1-3-5-15-7-8-16(24)12-17(15)18-6-4-10-29(18)19-9-11-30-22(27-19)20(21(25)28-30)23-26-14(2)13-31-23/h7-9,11-13,18H,3-6,10H2,1-2H3,(H2,25,28). The van der Waals surface area contributed by atoms with Gasteiger partial charge in [-0.2, -0.15) is 0 Å². The van der Waals surface area contributed by atoms with E-state index in [1.54, 1.807) is 22.9 Å². The number of halogens is 1. The summed E-state index contributed by atoms with van der Waals surface area (Å²) in [6, 6.07) is 7.17. The molecule has 1 unspecified atom stereocenters. The Labute approximate surface area is 179 Å². The smallest absolute Gasteiger partial charge is 0.233 e. The fourth-order valence-corrected chi connectivity index (χ4v) is 4.51. The van der Waals surface area contributed by atoms with Gasteiger partial charge >= 0.3 is 0 Å². The minimum Gasteiger partial charge on any atom is -0.444 e. The molecular formula is C23H25FN6O. The summed E-state index contributed by atoms with van der Waals surface area (Å²) in [5.74, 6) is 1.34. The monoisotopic (exact) mass is 420 g/mol. The van der Waals surface area contributed by atoms with Crippen LogP contribution in [0.15, 0.2) is 41.1 Å². The normalized spacial score (nSPS) is 16.5. The van der Waals surface area contributed by atoms with Crippen molar-refractivity contribution in [3.05, 3.63) is 59.4 Å². The molecule has 1 atom stereocenters. The van der Waals surface area contributed by atoms with Gasteiger partial charge in [-0.25, -0.2) is 18.9 Å². The van der Waals surface area contributed by atoms with E-state index in [0.717, 1.165) is 49.3 Å². The second kappa shape index (κ2) is 7.68. The van der Waals surface area contributed by atoms with Crippen LogP contribution in [0.2, 0.25) is 0 Å². The highest BCUT2D eigenvalue weighted by molar-refractivity contribution is 5.82. The van der Waals surface area contributed by atoms with Gasteiger partial charge < -0.3 is 15.1 Å². The Hall–Kier alpha value is -3.42. The van der Waals surface area contributed by atoms with Gasteiger partial charge in [-0.3, -0.25) is 0 Å². The molecule has 160 valence electrons. The molecule has 5 rings (SSSR count). The van der Waals surface area contributed by atoms with Gasteiger partial charge in [0.25, 0.3) is 0 Å². The minimum atomic E-state index is -0.199. The molecule has 3 aromatic heterocycles. The molecule has 7 nitrogen and oxygen atoms in total. The first-order chi connectivity index (χ1) is 15.0. The Bertz CT molecular complexity index is 1250. The molecule has 31 heavy (non-hydrogen) atoms. The summed E-state index contributed by atoms with van der Waals surface area (Å²) in [6.07, 6.45) is 7.36. The van der Waals surface area contributed by atoms with Crippen LogP contribution in [-0.2, 0) is 6.42 Å². The molecule has 2 N–H and O–H groups in total. The van der Waals surface area contributed by atoms with E-state index in [1.165, 1.54) is 5.56 Å². The average molecular weight is 420 g/mol. The third-order valence-corrected chi connectivity index (χ3v) is 5.86. The molecule has 4 aromatic rings. The van der Waals surface area contributed by atoms with Crippen LogP contribution in [0.25, 0.3) is 17.1 Å². The van der Waals surface area contributed by atoms with E-state index in [2.05, 4.69) is 21.9 Å². The first-order valence-electron chi connectivity index (χ1n) is 10.7. The number of anilines is 2. The summed E-state index contributed by atoms with van der Waals surface area (Å²) < 4.78 is 21.4. The van der Waals surface area contributed by atoms with Gasteiger partial charge in [0.1, 0.15) is 23.5 Å². The lowest BCUT2D eigenvalue weighted by Gasteiger charge is -2.28. The zero-order chi connectivity index (χ0) is 21.5.